The minimum Gasteiger partial charge on any atom is -0.384 e. The summed E-state index contributed by atoms with van der Waals surface area (Å²) in [6.07, 6.45) is 1.61. The van der Waals surface area contributed by atoms with Gasteiger partial charge in [0.15, 0.2) is 0 Å². The van der Waals surface area contributed by atoms with Crippen molar-refractivity contribution in [2.45, 2.75) is 33.6 Å². The summed E-state index contributed by atoms with van der Waals surface area (Å²) in [4.78, 5) is 10.8. The van der Waals surface area contributed by atoms with E-state index in [2.05, 4.69) is 13.8 Å². The van der Waals surface area contributed by atoms with Crippen molar-refractivity contribution in [1.29, 1.82) is 0 Å². The van der Waals surface area contributed by atoms with Crippen molar-refractivity contribution in [3.63, 3.8) is 0 Å². The highest BCUT2D eigenvalue weighted by Crippen LogP contribution is 2.25. The molecule has 0 fully saturated rings. The molecule has 0 N–H and O–H groups in total. The first-order valence-electron chi connectivity index (χ1n) is 4.02. The Kier molecular flexibility index (Phi) is 4.34. The summed E-state index contributed by atoms with van der Waals surface area (Å²) in [5, 5.41) is 0. The highest BCUT2D eigenvalue weighted by atomic mass is 16.5. The van der Waals surface area contributed by atoms with Crippen molar-refractivity contribution in [2.75, 3.05) is 13.7 Å². The van der Waals surface area contributed by atoms with Gasteiger partial charge >= 0.3 is 0 Å². The van der Waals surface area contributed by atoms with Crippen LogP contribution >= 0.6 is 0 Å². The topological polar surface area (TPSA) is 26.3 Å². The molecule has 0 amide bonds. The second-order valence-electron chi connectivity index (χ2n) is 3.48. The Morgan fingerprint density at radius 1 is 1.55 bits per heavy atom. The van der Waals surface area contributed by atoms with E-state index in [4.69, 9.17) is 4.74 Å². The van der Waals surface area contributed by atoms with E-state index >= 15 is 0 Å². The van der Waals surface area contributed by atoms with E-state index < -0.39 is 0 Å². The van der Waals surface area contributed by atoms with Crippen molar-refractivity contribution in [2.24, 2.45) is 5.41 Å². The predicted octanol–water partition coefficient (Wildman–Crippen LogP) is 2.03. The van der Waals surface area contributed by atoms with Crippen LogP contribution in [0.3, 0.4) is 0 Å². The first kappa shape index (κ1) is 10.6. The van der Waals surface area contributed by atoms with Gasteiger partial charge < -0.3 is 9.53 Å². The van der Waals surface area contributed by atoms with Crippen LogP contribution in [0.25, 0.3) is 0 Å². The molecule has 0 aromatic carbocycles. The van der Waals surface area contributed by atoms with Crippen molar-refractivity contribution in [3.8, 4) is 0 Å². The van der Waals surface area contributed by atoms with Crippen LogP contribution in [-0.4, -0.2) is 19.5 Å². The number of carbonyl (C=O) groups is 1. The number of ketones is 1. The Bertz CT molecular complexity index is 132. The second kappa shape index (κ2) is 4.50. The van der Waals surface area contributed by atoms with E-state index in [9.17, 15) is 4.79 Å². The third-order valence-electron chi connectivity index (χ3n) is 2.02. The molecule has 2 nitrogen and oxygen atoms in total. The second-order valence-corrected chi connectivity index (χ2v) is 3.48. The standard InChI is InChI=1S/C9H18O2/c1-5-9(3,7-11-4)6-8(2)10/h5-7H2,1-4H3. The summed E-state index contributed by atoms with van der Waals surface area (Å²) in [6, 6.07) is 0. The van der Waals surface area contributed by atoms with Gasteiger partial charge in [0.2, 0.25) is 0 Å². The molecule has 0 radical (unpaired) electrons. The number of Topliss-reactive ketones (excluding diaryl/α,β-unsaturated/α-hetero) is 1. The molecule has 0 rings (SSSR count). The van der Waals surface area contributed by atoms with Crippen molar-refractivity contribution in [3.05, 3.63) is 0 Å². The van der Waals surface area contributed by atoms with Gasteiger partial charge in [0.1, 0.15) is 5.78 Å². The SMILES string of the molecule is CCC(C)(COC)CC(C)=O. The summed E-state index contributed by atoms with van der Waals surface area (Å²) in [6.45, 7) is 6.46. The molecule has 0 saturated heterocycles. The molecule has 0 spiro atoms. The van der Waals surface area contributed by atoms with Crippen LogP contribution in [0.2, 0.25) is 0 Å². The van der Waals surface area contributed by atoms with E-state index in [1.807, 2.05) is 0 Å². The maximum Gasteiger partial charge on any atom is 0.130 e. The molecule has 11 heavy (non-hydrogen) atoms. The van der Waals surface area contributed by atoms with Crippen molar-refractivity contribution >= 4 is 5.78 Å². The normalized spacial score (nSPS) is 16.0. The lowest BCUT2D eigenvalue weighted by atomic mass is 9.83. The molecule has 0 aromatic rings. The molecule has 0 aliphatic rings. The number of hydrogen-bond acceptors (Lipinski definition) is 2. The van der Waals surface area contributed by atoms with E-state index in [0.717, 1.165) is 6.42 Å². The maximum absolute atomic E-state index is 10.8. The molecular weight excluding hydrogens is 140 g/mol. The molecular formula is C9H18O2. The molecule has 2 heteroatoms. The largest absolute Gasteiger partial charge is 0.384 e. The minimum atomic E-state index is 0.0422. The van der Waals surface area contributed by atoms with Crippen LogP contribution < -0.4 is 0 Å². The number of methoxy groups -OCH3 is 1. The molecule has 0 saturated carbocycles. The van der Waals surface area contributed by atoms with E-state index in [0.29, 0.717) is 13.0 Å². The molecule has 0 aliphatic heterocycles. The summed E-state index contributed by atoms with van der Waals surface area (Å²) in [5.74, 6) is 0.242. The number of ether oxygens (including phenoxy) is 1. The van der Waals surface area contributed by atoms with Crippen LogP contribution in [0, 0.1) is 5.41 Å². The van der Waals surface area contributed by atoms with Crippen LogP contribution in [0.5, 0.6) is 0 Å². The molecule has 0 bridgehead atoms. The lowest BCUT2D eigenvalue weighted by Gasteiger charge is -2.25. The quantitative estimate of drug-likeness (QED) is 0.612. The number of rotatable bonds is 5. The van der Waals surface area contributed by atoms with Crippen LogP contribution in [-0.2, 0) is 9.53 Å². The van der Waals surface area contributed by atoms with Gasteiger partial charge in [-0.25, -0.2) is 0 Å². The first-order chi connectivity index (χ1) is 5.04. The molecule has 0 aromatic heterocycles. The third kappa shape index (κ3) is 4.14. The molecule has 1 unspecified atom stereocenters. The van der Waals surface area contributed by atoms with Crippen molar-refractivity contribution < 1.29 is 9.53 Å². The van der Waals surface area contributed by atoms with Gasteiger partial charge in [-0.2, -0.15) is 0 Å². The summed E-state index contributed by atoms with van der Waals surface area (Å²) in [7, 11) is 1.67. The first-order valence-corrected chi connectivity index (χ1v) is 4.02. The predicted molar refractivity (Wildman–Crippen MR) is 45.6 cm³/mol. The van der Waals surface area contributed by atoms with Gasteiger partial charge in [-0.1, -0.05) is 13.8 Å². The molecule has 0 aliphatic carbocycles. The highest BCUT2D eigenvalue weighted by molar-refractivity contribution is 5.76. The van der Waals surface area contributed by atoms with Gasteiger partial charge in [-0.3, -0.25) is 0 Å². The van der Waals surface area contributed by atoms with E-state index in [-0.39, 0.29) is 11.2 Å². The number of hydrogen-bond donors (Lipinski definition) is 0. The lowest BCUT2D eigenvalue weighted by Crippen LogP contribution is -2.24. The Balaban J connectivity index is 3.98. The van der Waals surface area contributed by atoms with Gasteiger partial charge in [-0.15, -0.1) is 0 Å². The average Bonchev–Trinajstić information content (AvgIpc) is 1.87. The zero-order chi connectivity index (χ0) is 8.91. The monoisotopic (exact) mass is 158 g/mol. The Morgan fingerprint density at radius 2 is 2.09 bits per heavy atom. The smallest absolute Gasteiger partial charge is 0.130 e. The molecule has 1 atom stereocenters. The Labute approximate surface area is 68.9 Å². The van der Waals surface area contributed by atoms with Gasteiger partial charge in [0, 0.05) is 13.5 Å². The summed E-state index contributed by atoms with van der Waals surface area (Å²) >= 11 is 0. The Morgan fingerprint density at radius 3 is 2.36 bits per heavy atom. The Hall–Kier alpha value is -0.370. The van der Waals surface area contributed by atoms with Crippen LogP contribution in [0.15, 0.2) is 0 Å². The fraction of sp³-hybridized carbons (Fsp3) is 0.889. The fourth-order valence-electron chi connectivity index (χ4n) is 1.23. The van der Waals surface area contributed by atoms with Gasteiger partial charge in [0.05, 0.1) is 6.61 Å². The van der Waals surface area contributed by atoms with Gasteiger partial charge in [0.25, 0.3) is 0 Å². The minimum absolute atomic E-state index is 0.0422. The van der Waals surface area contributed by atoms with Crippen LogP contribution in [0.1, 0.15) is 33.6 Å². The van der Waals surface area contributed by atoms with Crippen molar-refractivity contribution in [1.82, 2.24) is 0 Å². The zero-order valence-corrected chi connectivity index (χ0v) is 7.94. The maximum atomic E-state index is 10.8. The lowest BCUT2D eigenvalue weighted by molar-refractivity contribution is -0.120. The molecule has 0 heterocycles. The fourth-order valence-corrected chi connectivity index (χ4v) is 1.23. The average molecular weight is 158 g/mol. The highest BCUT2D eigenvalue weighted by Gasteiger charge is 2.23. The summed E-state index contributed by atoms with van der Waals surface area (Å²) in [5.41, 5.74) is 0.0422. The van der Waals surface area contributed by atoms with Gasteiger partial charge in [-0.05, 0) is 18.8 Å². The van der Waals surface area contributed by atoms with Crippen LogP contribution in [0.4, 0.5) is 0 Å². The number of carbonyl (C=O) groups excluding carboxylic acids is 1. The molecule has 66 valence electrons. The third-order valence-corrected chi connectivity index (χ3v) is 2.02. The summed E-state index contributed by atoms with van der Waals surface area (Å²) < 4.78 is 5.05. The van der Waals surface area contributed by atoms with E-state index in [1.54, 1.807) is 14.0 Å². The van der Waals surface area contributed by atoms with E-state index in [1.165, 1.54) is 0 Å². The zero-order valence-electron chi connectivity index (χ0n) is 7.94.